The molecule has 0 aliphatic carbocycles. The topological polar surface area (TPSA) is 87.1 Å². The van der Waals surface area contributed by atoms with E-state index in [2.05, 4.69) is 13.2 Å². The molecule has 0 aromatic heterocycles. The predicted octanol–water partition coefficient (Wildman–Crippen LogP) is 4.23. The maximum absolute atomic E-state index is 14.3. The van der Waals surface area contributed by atoms with E-state index >= 15 is 0 Å². The maximum Gasteiger partial charge on any atom is 0.311 e. The average molecular weight is 547 g/mol. The summed E-state index contributed by atoms with van der Waals surface area (Å²) in [5.74, 6) is -2.06. The van der Waals surface area contributed by atoms with Gasteiger partial charge in [-0.05, 0) is 63.3 Å². The van der Waals surface area contributed by atoms with E-state index in [4.69, 9.17) is 16.3 Å². The van der Waals surface area contributed by atoms with E-state index < -0.39 is 27.4 Å². The molecule has 3 heterocycles. The largest absolute Gasteiger partial charge is 0.465 e. The standard InChI is InChI=1S/C28H35ClN2O5S/c1-4-6-7-18-36-26(35)22-21-24(33)31(16-8-17-32)23(28(21)14-13-27(22,3)37-28)25(34)30(15-5-2)20-11-9-19(29)10-12-20/h4-5,9-12,21-23,32H,1-2,6-8,13-18H2,3H3/t21-,22-,23?,27+,28?/m0/s1. The van der Waals surface area contributed by atoms with Crippen LogP contribution >= 0.6 is 23.4 Å². The van der Waals surface area contributed by atoms with E-state index in [9.17, 15) is 19.5 Å². The van der Waals surface area contributed by atoms with Gasteiger partial charge in [-0.3, -0.25) is 14.4 Å². The van der Waals surface area contributed by atoms with Crippen molar-refractivity contribution in [3.8, 4) is 0 Å². The Labute approximate surface area is 227 Å². The lowest BCUT2D eigenvalue weighted by atomic mass is 9.66. The molecule has 3 fully saturated rings. The first kappa shape index (κ1) is 27.7. The summed E-state index contributed by atoms with van der Waals surface area (Å²) in [6, 6.07) is 6.23. The molecule has 0 radical (unpaired) electrons. The molecule has 2 unspecified atom stereocenters. The van der Waals surface area contributed by atoms with Crippen LogP contribution in [0.1, 0.15) is 39.0 Å². The first-order chi connectivity index (χ1) is 17.7. The average Bonchev–Trinajstić information content (AvgIpc) is 3.44. The van der Waals surface area contributed by atoms with Gasteiger partial charge in [-0.15, -0.1) is 24.9 Å². The van der Waals surface area contributed by atoms with Gasteiger partial charge in [0.05, 0.1) is 23.2 Å². The minimum absolute atomic E-state index is 0.102. The number of carbonyl (C=O) groups excluding carboxylic acids is 3. The number of nitrogens with zero attached hydrogens (tertiary/aromatic N) is 2. The Morgan fingerprint density at radius 3 is 2.62 bits per heavy atom. The summed E-state index contributed by atoms with van der Waals surface area (Å²) in [6.45, 7) is 10.2. The molecular formula is C28H35ClN2O5S. The van der Waals surface area contributed by atoms with E-state index in [1.54, 1.807) is 58.0 Å². The third kappa shape index (κ3) is 4.84. The van der Waals surface area contributed by atoms with Crippen LogP contribution in [0.15, 0.2) is 49.6 Å². The van der Waals surface area contributed by atoms with Crippen molar-refractivity contribution in [1.29, 1.82) is 0 Å². The third-order valence-corrected chi connectivity index (χ3v) is 10.1. The number of allylic oxidation sites excluding steroid dienone is 1. The van der Waals surface area contributed by atoms with Gasteiger partial charge in [0.15, 0.2) is 0 Å². The SMILES string of the molecule is C=CCCCOC(=O)[C@@H]1[C@H]2C(=O)N(CCCO)C(C(=O)N(CC=C)c3ccc(Cl)cc3)C23CC[C@@]1(C)S3. The number of esters is 1. The Kier molecular flexibility index (Phi) is 8.41. The summed E-state index contributed by atoms with van der Waals surface area (Å²) in [6.07, 6.45) is 6.57. The van der Waals surface area contributed by atoms with Crippen LogP contribution in [0.3, 0.4) is 0 Å². The highest BCUT2D eigenvalue weighted by Crippen LogP contribution is 2.71. The van der Waals surface area contributed by atoms with Gasteiger partial charge < -0.3 is 19.6 Å². The van der Waals surface area contributed by atoms with E-state index in [1.165, 1.54) is 0 Å². The van der Waals surface area contributed by atoms with Crippen LogP contribution in [-0.2, 0) is 19.1 Å². The van der Waals surface area contributed by atoms with Crippen LogP contribution in [0.4, 0.5) is 5.69 Å². The van der Waals surface area contributed by atoms with Crippen LogP contribution in [0, 0.1) is 11.8 Å². The predicted molar refractivity (Wildman–Crippen MR) is 147 cm³/mol. The minimum Gasteiger partial charge on any atom is -0.465 e. The Morgan fingerprint density at radius 2 is 1.97 bits per heavy atom. The monoisotopic (exact) mass is 546 g/mol. The molecule has 3 saturated heterocycles. The first-order valence-corrected chi connectivity index (χ1v) is 14.0. The number of ether oxygens (including phenoxy) is 1. The van der Waals surface area contributed by atoms with Gasteiger partial charge in [0.1, 0.15) is 6.04 Å². The lowest BCUT2D eigenvalue weighted by Crippen LogP contribution is -2.55. The first-order valence-electron chi connectivity index (χ1n) is 12.8. The number of aliphatic hydroxyl groups is 1. The smallest absolute Gasteiger partial charge is 0.311 e. The van der Waals surface area contributed by atoms with Gasteiger partial charge >= 0.3 is 5.97 Å². The molecule has 2 amide bonds. The molecule has 3 aliphatic rings. The lowest BCUT2D eigenvalue weighted by molar-refractivity contribution is -0.155. The number of thioether (sulfide) groups is 1. The van der Waals surface area contributed by atoms with E-state index in [0.717, 1.165) is 6.42 Å². The fraction of sp³-hybridized carbons (Fsp3) is 0.536. The number of anilines is 1. The zero-order valence-electron chi connectivity index (χ0n) is 21.2. The second-order valence-electron chi connectivity index (χ2n) is 10.1. The van der Waals surface area contributed by atoms with Gasteiger partial charge in [-0.1, -0.05) is 23.8 Å². The van der Waals surface area contributed by atoms with Gasteiger partial charge in [-0.25, -0.2) is 0 Å². The highest BCUT2D eigenvalue weighted by Gasteiger charge is 2.77. The third-order valence-electron chi connectivity index (χ3n) is 7.83. The van der Waals surface area contributed by atoms with E-state index in [-0.39, 0.29) is 44.1 Å². The number of benzene rings is 1. The molecule has 1 aromatic carbocycles. The summed E-state index contributed by atoms with van der Waals surface area (Å²) in [4.78, 5) is 44.9. The zero-order valence-corrected chi connectivity index (χ0v) is 22.8. The highest BCUT2D eigenvalue weighted by molar-refractivity contribution is 8.02. The number of halogens is 1. The van der Waals surface area contributed by atoms with E-state index in [1.807, 2.05) is 6.92 Å². The van der Waals surface area contributed by atoms with Crippen molar-refractivity contribution in [1.82, 2.24) is 4.90 Å². The molecule has 1 N–H and O–H groups in total. The molecule has 1 aromatic rings. The zero-order chi connectivity index (χ0) is 26.8. The number of fused-ring (bicyclic) bond motifs is 1. The summed E-state index contributed by atoms with van der Waals surface area (Å²) < 4.78 is 4.42. The second kappa shape index (κ2) is 11.2. The molecule has 2 bridgehead atoms. The summed E-state index contributed by atoms with van der Waals surface area (Å²) in [7, 11) is 0. The van der Waals surface area contributed by atoms with Crippen molar-refractivity contribution >= 4 is 46.8 Å². The van der Waals surface area contributed by atoms with Crippen LogP contribution < -0.4 is 4.90 Å². The Balaban J connectivity index is 1.71. The van der Waals surface area contributed by atoms with Crippen LogP contribution in [0.25, 0.3) is 0 Å². The van der Waals surface area contributed by atoms with Crippen molar-refractivity contribution in [3.63, 3.8) is 0 Å². The number of hydrogen-bond acceptors (Lipinski definition) is 6. The van der Waals surface area contributed by atoms with Crippen LogP contribution in [0.2, 0.25) is 5.02 Å². The molecule has 200 valence electrons. The Bertz CT molecular complexity index is 1070. The molecule has 37 heavy (non-hydrogen) atoms. The number of unbranched alkanes of at least 4 members (excludes halogenated alkanes) is 1. The van der Waals surface area contributed by atoms with Crippen molar-refractivity contribution in [2.75, 3.05) is 31.2 Å². The van der Waals surface area contributed by atoms with E-state index in [0.29, 0.717) is 36.4 Å². The quantitative estimate of drug-likeness (QED) is 0.240. The number of rotatable bonds is 12. The van der Waals surface area contributed by atoms with Gasteiger partial charge in [0.2, 0.25) is 5.91 Å². The van der Waals surface area contributed by atoms with Crippen molar-refractivity contribution < 1.29 is 24.2 Å². The van der Waals surface area contributed by atoms with Crippen LogP contribution in [-0.4, -0.2) is 69.6 Å². The molecule has 3 aliphatic heterocycles. The number of hydrogen-bond donors (Lipinski definition) is 1. The number of carbonyl (C=O) groups is 3. The fourth-order valence-corrected chi connectivity index (χ4v) is 8.72. The number of likely N-dealkylation sites (tertiary alicyclic amines) is 1. The molecule has 9 heteroatoms. The Hall–Kier alpha value is -2.29. The highest BCUT2D eigenvalue weighted by atomic mass is 35.5. The molecule has 7 nitrogen and oxygen atoms in total. The van der Waals surface area contributed by atoms with Gasteiger partial charge in [0.25, 0.3) is 5.91 Å². The van der Waals surface area contributed by atoms with Gasteiger partial charge in [0, 0.05) is 35.2 Å². The lowest BCUT2D eigenvalue weighted by Gasteiger charge is -2.37. The van der Waals surface area contributed by atoms with Crippen molar-refractivity contribution in [2.24, 2.45) is 11.8 Å². The molecule has 4 rings (SSSR count). The number of amides is 2. The number of aliphatic hydroxyl groups excluding tert-OH is 1. The maximum atomic E-state index is 14.3. The molecule has 0 saturated carbocycles. The van der Waals surface area contributed by atoms with Crippen molar-refractivity contribution in [2.45, 2.75) is 54.6 Å². The van der Waals surface area contributed by atoms with Crippen LogP contribution in [0.5, 0.6) is 0 Å². The normalized spacial score (nSPS) is 29.8. The molecular weight excluding hydrogens is 512 g/mol. The molecule has 1 spiro atoms. The molecule has 5 atom stereocenters. The minimum atomic E-state index is -0.766. The Morgan fingerprint density at radius 1 is 1.24 bits per heavy atom. The summed E-state index contributed by atoms with van der Waals surface area (Å²) >= 11 is 7.69. The summed E-state index contributed by atoms with van der Waals surface area (Å²) in [5.41, 5.74) is 0.658. The second-order valence-corrected chi connectivity index (χ2v) is 12.5. The fourth-order valence-electron chi connectivity index (χ4n) is 6.25. The summed E-state index contributed by atoms with van der Waals surface area (Å²) in [5, 5.41) is 10.1. The van der Waals surface area contributed by atoms with Gasteiger partial charge in [-0.2, -0.15) is 0 Å². The van der Waals surface area contributed by atoms with Crippen molar-refractivity contribution in [3.05, 3.63) is 54.6 Å².